The number of rotatable bonds is 6. The number of nitrogens with two attached hydrogens (primary N) is 1. The van der Waals surface area contributed by atoms with Gasteiger partial charge in [0.25, 0.3) is 0 Å². The first-order chi connectivity index (χ1) is 8.27. The molecular formula is C12H19N5. The van der Waals surface area contributed by atoms with E-state index in [4.69, 9.17) is 5.73 Å². The van der Waals surface area contributed by atoms with Crippen LogP contribution in [0.1, 0.15) is 31.5 Å². The molecular weight excluding hydrogens is 214 g/mol. The molecule has 0 spiro atoms. The highest BCUT2D eigenvalue weighted by molar-refractivity contribution is 5.02. The van der Waals surface area contributed by atoms with E-state index in [1.807, 2.05) is 38.2 Å². The van der Waals surface area contributed by atoms with Crippen molar-refractivity contribution in [1.82, 2.24) is 19.1 Å². The van der Waals surface area contributed by atoms with E-state index < -0.39 is 0 Å². The number of unbranched alkanes of at least 4 members (excludes halogenated alkanes) is 1. The zero-order chi connectivity index (χ0) is 12.1. The van der Waals surface area contributed by atoms with Gasteiger partial charge in [-0.05, 0) is 19.8 Å². The molecule has 92 valence electrons. The Morgan fingerprint density at radius 1 is 1.24 bits per heavy atom. The van der Waals surface area contributed by atoms with Crippen molar-refractivity contribution < 1.29 is 0 Å². The van der Waals surface area contributed by atoms with Gasteiger partial charge in [-0.1, -0.05) is 0 Å². The van der Waals surface area contributed by atoms with Crippen LogP contribution < -0.4 is 5.73 Å². The number of nitrogens with zero attached hydrogens (tertiary/aromatic N) is 4. The van der Waals surface area contributed by atoms with Crippen molar-refractivity contribution in [2.24, 2.45) is 5.73 Å². The molecule has 0 saturated carbocycles. The minimum Gasteiger partial charge on any atom is -0.337 e. The number of hydrogen-bond acceptors (Lipinski definition) is 3. The van der Waals surface area contributed by atoms with E-state index in [2.05, 4.69) is 19.1 Å². The van der Waals surface area contributed by atoms with Crippen molar-refractivity contribution in [2.75, 3.05) is 0 Å². The SMILES string of the molecule is C[C@@H](N)c1cncn1CCCCn1ccnc1. The Morgan fingerprint density at radius 2 is 2.06 bits per heavy atom. The first kappa shape index (κ1) is 11.9. The van der Waals surface area contributed by atoms with E-state index in [0.29, 0.717) is 0 Å². The molecule has 0 saturated heterocycles. The smallest absolute Gasteiger partial charge is 0.0948 e. The first-order valence-corrected chi connectivity index (χ1v) is 5.98. The average Bonchev–Trinajstić information content (AvgIpc) is 2.95. The molecule has 0 radical (unpaired) electrons. The molecule has 0 fully saturated rings. The van der Waals surface area contributed by atoms with Crippen molar-refractivity contribution in [2.45, 2.75) is 38.9 Å². The van der Waals surface area contributed by atoms with Crippen molar-refractivity contribution in [3.63, 3.8) is 0 Å². The molecule has 17 heavy (non-hydrogen) atoms. The molecule has 0 bridgehead atoms. The summed E-state index contributed by atoms with van der Waals surface area (Å²) in [6.07, 6.45) is 11.6. The van der Waals surface area contributed by atoms with Gasteiger partial charge >= 0.3 is 0 Å². The Morgan fingerprint density at radius 3 is 2.76 bits per heavy atom. The normalized spacial score (nSPS) is 12.8. The molecule has 0 amide bonds. The summed E-state index contributed by atoms with van der Waals surface area (Å²) in [4.78, 5) is 8.16. The number of aryl methyl sites for hydroxylation is 2. The van der Waals surface area contributed by atoms with E-state index in [1.54, 1.807) is 0 Å². The zero-order valence-corrected chi connectivity index (χ0v) is 10.2. The minimum atomic E-state index is 0.0474. The summed E-state index contributed by atoms with van der Waals surface area (Å²) < 4.78 is 4.24. The summed E-state index contributed by atoms with van der Waals surface area (Å²) >= 11 is 0. The van der Waals surface area contributed by atoms with Crippen LogP contribution in [0.5, 0.6) is 0 Å². The van der Waals surface area contributed by atoms with Crippen molar-refractivity contribution >= 4 is 0 Å². The zero-order valence-electron chi connectivity index (χ0n) is 10.2. The molecule has 0 unspecified atom stereocenters. The summed E-state index contributed by atoms with van der Waals surface area (Å²) in [5.41, 5.74) is 6.97. The Balaban J connectivity index is 1.76. The van der Waals surface area contributed by atoms with Crippen LogP contribution in [-0.4, -0.2) is 19.1 Å². The van der Waals surface area contributed by atoms with Crippen molar-refractivity contribution in [1.29, 1.82) is 0 Å². The molecule has 5 nitrogen and oxygen atoms in total. The molecule has 0 aliphatic carbocycles. The van der Waals surface area contributed by atoms with Gasteiger partial charge in [-0.25, -0.2) is 9.97 Å². The summed E-state index contributed by atoms with van der Waals surface area (Å²) in [6, 6.07) is 0.0474. The van der Waals surface area contributed by atoms with Crippen LogP contribution in [0.25, 0.3) is 0 Å². The predicted octanol–water partition coefficient (Wildman–Crippen LogP) is 1.58. The van der Waals surface area contributed by atoms with Gasteiger partial charge in [-0.15, -0.1) is 0 Å². The summed E-state index contributed by atoms with van der Waals surface area (Å²) in [5.74, 6) is 0. The molecule has 0 aliphatic rings. The minimum absolute atomic E-state index is 0.0474. The van der Waals surface area contributed by atoms with E-state index in [9.17, 15) is 0 Å². The molecule has 2 aromatic heterocycles. The fourth-order valence-electron chi connectivity index (χ4n) is 1.89. The molecule has 2 heterocycles. The molecule has 2 aromatic rings. The Bertz CT molecular complexity index is 429. The molecule has 0 aliphatic heterocycles. The maximum Gasteiger partial charge on any atom is 0.0948 e. The Labute approximate surface area is 101 Å². The number of hydrogen-bond donors (Lipinski definition) is 1. The standard InChI is InChI=1S/C12H19N5/c1-11(13)12-8-15-10-17(12)6-3-2-5-16-7-4-14-9-16/h4,7-11H,2-3,5-6,13H2,1H3/t11-/m1/s1. The predicted molar refractivity (Wildman–Crippen MR) is 66.3 cm³/mol. The van der Waals surface area contributed by atoms with Gasteiger partial charge < -0.3 is 14.9 Å². The molecule has 5 heteroatoms. The van der Waals surface area contributed by atoms with Crippen LogP contribution in [-0.2, 0) is 13.1 Å². The number of aromatic nitrogens is 4. The highest BCUT2D eigenvalue weighted by Crippen LogP contribution is 2.10. The maximum atomic E-state index is 5.87. The van der Waals surface area contributed by atoms with Crippen LogP contribution in [0.4, 0.5) is 0 Å². The Kier molecular flexibility index (Phi) is 3.93. The molecule has 1 atom stereocenters. The fraction of sp³-hybridized carbons (Fsp3) is 0.500. The third kappa shape index (κ3) is 3.17. The van der Waals surface area contributed by atoms with Gasteiger partial charge in [0.2, 0.25) is 0 Å². The first-order valence-electron chi connectivity index (χ1n) is 5.98. The maximum absolute atomic E-state index is 5.87. The van der Waals surface area contributed by atoms with Gasteiger partial charge in [0.15, 0.2) is 0 Å². The van der Waals surface area contributed by atoms with E-state index >= 15 is 0 Å². The lowest BCUT2D eigenvalue weighted by atomic mass is 10.2. The van der Waals surface area contributed by atoms with Crippen LogP contribution in [0, 0.1) is 0 Å². The second kappa shape index (κ2) is 5.63. The third-order valence-electron chi connectivity index (χ3n) is 2.84. The van der Waals surface area contributed by atoms with Gasteiger partial charge in [0.1, 0.15) is 0 Å². The monoisotopic (exact) mass is 233 g/mol. The lowest BCUT2D eigenvalue weighted by Crippen LogP contribution is -2.12. The highest BCUT2D eigenvalue weighted by atomic mass is 15.1. The van der Waals surface area contributed by atoms with Gasteiger partial charge in [0.05, 0.1) is 18.3 Å². The van der Waals surface area contributed by atoms with Gasteiger partial charge in [-0.3, -0.25) is 0 Å². The van der Waals surface area contributed by atoms with E-state index in [-0.39, 0.29) is 6.04 Å². The fourth-order valence-corrected chi connectivity index (χ4v) is 1.89. The second-order valence-corrected chi connectivity index (χ2v) is 4.31. The summed E-state index contributed by atoms with van der Waals surface area (Å²) in [7, 11) is 0. The van der Waals surface area contributed by atoms with Crippen molar-refractivity contribution in [3.05, 3.63) is 36.9 Å². The quantitative estimate of drug-likeness (QED) is 0.770. The van der Waals surface area contributed by atoms with E-state index in [0.717, 1.165) is 31.6 Å². The second-order valence-electron chi connectivity index (χ2n) is 4.31. The lowest BCUT2D eigenvalue weighted by Gasteiger charge is -2.10. The molecule has 2 rings (SSSR count). The summed E-state index contributed by atoms with van der Waals surface area (Å²) in [6.45, 7) is 3.98. The van der Waals surface area contributed by atoms with Gasteiger partial charge in [0, 0.05) is 37.7 Å². The summed E-state index contributed by atoms with van der Waals surface area (Å²) in [5, 5.41) is 0. The molecule has 0 aromatic carbocycles. The highest BCUT2D eigenvalue weighted by Gasteiger charge is 2.05. The lowest BCUT2D eigenvalue weighted by molar-refractivity contribution is 0.534. The number of imidazole rings is 2. The Hall–Kier alpha value is -1.62. The topological polar surface area (TPSA) is 61.7 Å². The van der Waals surface area contributed by atoms with Crippen LogP contribution in [0.15, 0.2) is 31.2 Å². The van der Waals surface area contributed by atoms with Crippen LogP contribution in [0.3, 0.4) is 0 Å². The van der Waals surface area contributed by atoms with Crippen LogP contribution in [0.2, 0.25) is 0 Å². The van der Waals surface area contributed by atoms with Crippen molar-refractivity contribution in [3.8, 4) is 0 Å². The molecule has 2 N–H and O–H groups in total. The third-order valence-corrected chi connectivity index (χ3v) is 2.84. The average molecular weight is 233 g/mol. The van der Waals surface area contributed by atoms with Gasteiger partial charge in [-0.2, -0.15) is 0 Å². The van der Waals surface area contributed by atoms with Crippen LogP contribution >= 0.6 is 0 Å². The largest absolute Gasteiger partial charge is 0.337 e. The van der Waals surface area contributed by atoms with E-state index in [1.165, 1.54) is 0 Å².